The number of amides is 1. The van der Waals surface area contributed by atoms with Gasteiger partial charge in [-0.05, 0) is 6.92 Å². The summed E-state index contributed by atoms with van der Waals surface area (Å²) < 4.78 is 0. The topological polar surface area (TPSA) is 54.9 Å². The van der Waals surface area contributed by atoms with E-state index in [1.54, 1.807) is 0 Å². The third-order valence-electron chi connectivity index (χ3n) is 1.43. The van der Waals surface area contributed by atoms with Gasteiger partial charge in [-0.15, -0.1) is 10.2 Å². The van der Waals surface area contributed by atoms with E-state index >= 15 is 0 Å². The number of carbonyl (C=O) groups excluding carboxylic acids is 1. The summed E-state index contributed by atoms with van der Waals surface area (Å²) in [6.45, 7) is 7.42. The van der Waals surface area contributed by atoms with Crippen LogP contribution in [0, 0.1) is 12.3 Å². The highest BCUT2D eigenvalue weighted by atomic mass is 32.1. The van der Waals surface area contributed by atoms with Gasteiger partial charge in [-0.1, -0.05) is 32.1 Å². The van der Waals surface area contributed by atoms with Gasteiger partial charge in [0.05, 0.1) is 0 Å². The predicted octanol–water partition coefficient (Wildman–Crippen LogP) is 1.83. The molecule has 0 bridgehead atoms. The number of anilines is 1. The lowest BCUT2D eigenvalue weighted by atomic mass is 9.96. The van der Waals surface area contributed by atoms with Crippen LogP contribution < -0.4 is 5.32 Å². The van der Waals surface area contributed by atoms with E-state index in [1.165, 1.54) is 11.3 Å². The first-order valence-corrected chi connectivity index (χ1v) is 4.83. The molecular weight excluding hydrogens is 186 g/mol. The SMILES string of the molecule is Cc1nnc(NC(=O)C(C)(C)C)s1. The molecule has 5 heteroatoms. The summed E-state index contributed by atoms with van der Waals surface area (Å²) in [5.74, 6) is -0.0383. The van der Waals surface area contributed by atoms with Crippen LogP contribution in [0.2, 0.25) is 0 Å². The van der Waals surface area contributed by atoms with E-state index in [0.29, 0.717) is 5.13 Å². The molecule has 1 rings (SSSR count). The van der Waals surface area contributed by atoms with Crippen molar-refractivity contribution in [2.75, 3.05) is 5.32 Å². The van der Waals surface area contributed by atoms with Crippen molar-refractivity contribution in [2.24, 2.45) is 5.41 Å². The molecule has 1 amide bonds. The van der Waals surface area contributed by atoms with Crippen LogP contribution in [0.5, 0.6) is 0 Å². The molecule has 0 aliphatic carbocycles. The fourth-order valence-electron chi connectivity index (χ4n) is 0.632. The lowest BCUT2D eigenvalue weighted by Crippen LogP contribution is -2.27. The minimum Gasteiger partial charge on any atom is -0.300 e. The lowest BCUT2D eigenvalue weighted by Gasteiger charge is -2.15. The zero-order chi connectivity index (χ0) is 10.1. The van der Waals surface area contributed by atoms with Gasteiger partial charge in [0, 0.05) is 5.41 Å². The summed E-state index contributed by atoms with van der Waals surface area (Å²) in [6, 6.07) is 0. The highest BCUT2D eigenvalue weighted by Gasteiger charge is 2.22. The second-order valence-corrected chi connectivity index (χ2v) is 5.01. The molecule has 72 valence electrons. The molecule has 0 aliphatic heterocycles. The number of aryl methyl sites for hydroxylation is 1. The Labute approximate surface area is 81.4 Å². The maximum Gasteiger partial charge on any atom is 0.231 e. The Kier molecular flexibility index (Phi) is 2.66. The summed E-state index contributed by atoms with van der Waals surface area (Å²) in [5, 5.41) is 11.7. The van der Waals surface area contributed by atoms with Crippen LogP contribution in [0.4, 0.5) is 5.13 Å². The number of carbonyl (C=O) groups is 1. The summed E-state index contributed by atoms with van der Waals surface area (Å²) in [6.07, 6.45) is 0. The number of nitrogens with zero attached hydrogens (tertiary/aromatic N) is 2. The van der Waals surface area contributed by atoms with Gasteiger partial charge in [0.25, 0.3) is 0 Å². The van der Waals surface area contributed by atoms with Gasteiger partial charge < -0.3 is 5.32 Å². The molecule has 1 N–H and O–H groups in total. The van der Waals surface area contributed by atoms with Crippen LogP contribution in [-0.2, 0) is 4.79 Å². The van der Waals surface area contributed by atoms with E-state index in [2.05, 4.69) is 15.5 Å². The standard InChI is InChI=1S/C8H13N3OS/c1-5-10-11-7(13-5)9-6(12)8(2,3)4/h1-4H3,(H,9,11,12). The Morgan fingerprint density at radius 1 is 1.38 bits per heavy atom. The fraction of sp³-hybridized carbons (Fsp3) is 0.625. The molecule has 1 heterocycles. The molecule has 0 fully saturated rings. The van der Waals surface area contributed by atoms with Crippen LogP contribution in [0.15, 0.2) is 0 Å². The van der Waals surface area contributed by atoms with E-state index in [0.717, 1.165) is 5.01 Å². The van der Waals surface area contributed by atoms with Gasteiger partial charge >= 0.3 is 0 Å². The Morgan fingerprint density at radius 3 is 2.38 bits per heavy atom. The van der Waals surface area contributed by atoms with Crippen LogP contribution in [0.3, 0.4) is 0 Å². The van der Waals surface area contributed by atoms with Crippen molar-refractivity contribution in [2.45, 2.75) is 27.7 Å². The summed E-state index contributed by atoms with van der Waals surface area (Å²) in [7, 11) is 0. The zero-order valence-electron chi connectivity index (χ0n) is 8.21. The molecule has 1 aromatic heterocycles. The minimum atomic E-state index is -0.389. The molecule has 13 heavy (non-hydrogen) atoms. The molecule has 0 atom stereocenters. The normalized spacial score (nSPS) is 11.4. The number of nitrogens with one attached hydrogen (secondary N) is 1. The Morgan fingerprint density at radius 2 is 2.00 bits per heavy atom. The highest BCUT2D eigenvalue weighted by Crippen LogP contribution is 2.19. The van der Waals surface area contributed by atoms with Gasteiger partial charge in [0.15, 0.2) is 0 Å². The van der Waals surface area contributed by atoms with E-state index in [4.69, 9.17) is 0 Å². The summed E-state index contributed by atoms with van der Waals surface area (Å²) >= 11 is 1.38. The highest BCUT2D eigenvalue weighted by molar-refractivity contribution is 7.15. The van der Waals surface area contributed by atoms with Gasteiger partial charge in [0.2, 0.25) is 11.0 Å². The molecule has 1 aromatic rings. The first-order chi connectivity index (χ1) is 5.89. The molecule has 0 radical (unpaired) electrons. The molecule has 0 aliphatic rings. The molecular formula is C8H13N3OS. The van der Waals surface area contributed by atoms with Crippen molar-refractivity contribution in [3.05, 3.63) is 5.01 Å². The van der Waals surface area contributed by atoms with Crippen LogP contribution in [0.1, 0.15) is 25.8 Å². The van der Waals surface area contributed by atoms with E-state index in [1.807, 2.05) is 27.7 Å². The van der Waals surface area contributed by atoms with E-state index in [9.17, 15) is 4.79 Å². The van der Waals surface area contributed by atoms with Gasteiger partial charge in [-0.25, -0.2) is 0 Å². The van der Waals surface area contributed by atoms with Crippen molar-refractivity contribution < 1.29 is 4.79 Å². The molecule has 0 saturated heterocycles. The van der Waals surface area contributed by atoms with Crippen molar-refractivity contribution in [3.63, 3.8) is 0 Å². The van der Waals surface area contributed by atoms with Crippen molar-refractivity contribution >= 4 is 22.4 Å². The monoisotopic (exact) mass is 199 g/mol. The maximum atomic E-state index is 11.5. The second kappa shape index (κ2) is 3.41. The number of hydrogen-bond donors (Lipinski definition) is 1. The summed E-state index contributed by atoms with van der Waals surface area (Å²) in [4.78, 5) is 11.5. The fourth-order valence-corrected chi connectivity index (χ4v) is 1.22. The van der Waals surface area contributed by atoms with E-state index in [-0.39, 0.29) is 11.3 Å². The first kappa shape index (κ1) is 10.1. The van der Waals surface area contributed by atoms with Crippen molar-refractivity contribution in [3.8, 4) is 0 Å². The molecule has 0 aromatic carbocycles. The van der Waals surface area contributed by atoms with Gasteiger partial charge in [0.1, 0.15) is 5.01 Å². The number of aromatic nitrogens is 2. The van der Waals surface area contributed by atoms with Gasteiger partial charge in [-0.2, -0.15) is 0 Å². The Balaban J connectivity index is 2.65. The van der Waals surface area contributed by atoms with Gasteiger partial charge in [-0.3, -0.25) is 4.79 Å². The van der Waals surface area contributed by atoms with Crippen molar-refractivity contribution in [1.29, 1.82) is 0 Å². The quantitative estimate of drug-likeness (QED) is 0.750. The second-order valence-electron chi connectivity index (χ2n) is 3.83. The molecule has 0 saturated carbocycles. The van der Waals surface area contributed by atoms with Crippen LogP contribution in [-0.4, -0.2) is 16.1 Å². The maximum absolute atomic E-state index is 11.5. The third-order valence-corrected chi connectivity index (χ3v) is 2.18. The van der Waals surface area contributed by atoms with Crippen molar-refractivity contribution in [1.82, 2.24) is 10.2 Å². The van der Waals surface area contributed by atoms with Crippen LogP contribution >= 0.6 is 11.3 Å². The predicted molar refractivity (Wildman–Crippen MR) is 52.7 cm³/mol. The Hall–Kier alpha value is -0.970. The first-order valence-electron chi connectivity index (χ1n) is 4.01. The smallest absolute Gasteiger partial charge is 0.231 e. The molecule has 4 nitrogen and oxygen atoms in total. The van der Waals surface area contributed by atoms with E-state index < -0.39 is 0 Å². The average molecular weight is 199 g/mol. The Bertz CT molecular complexity index is 313. The van der Waals surface area contributed by atoms with Crippen LogP contribution in [0.25, 0.3) is 0 Å². The zero-order valence-corrected chi connectivity index (χ0v) is 9.03. The summed E-state index contributed by atoms with van der Waals surface area (Å²) in [5.41, 5.74) is -0.389. The average Bonchev–Trinajstić information content (AvgIpc) is 2.33. The minimum absolute atomic E-state index is 0.0383. The molecule has 0 unspecified atom stereocenters. The third kappa shape index (κ3) is 2.77. The largest absolute Gasteiger partial charge is 0.300 e. The lowest BCUT2D eigenvalue weighted by molar-refractivity contribution is -0.123. The number of hydrogen-bond acceptors (Lipinski definition) is 4. The molecule has 0 spiro atoms. The number of rotatable bonds is 1.